The molecule has 0 fully saturated rings. The van der Waals surface area contributed by atoms with Gasteiger partial charge in [0.1, 0.15) is 0 Å². The van der Waals surface area contributed by atoms with Crippen LogP contribution in [0.5, 0.6) is 0 Å². The number of nitrogens with zero attached hydrogens (tertiary/aromatic N) is 2. The lowest BCUT2D eigenvalue weighted by molar-refractivity contribution is 0.674. The first kappa shape index (κ1) is 13.2. The minimum Gasteiger partial charge on any atom is -0.356 e. The molecule has 1 N–H and O–H groups in total. The quantitative estimate of drug-likeness (QED) is 0.794. The third-order valence-electron chi connectivity index (χ3n) is 2.31. The molecule has 0 aliphatic rings. The van der Waals surface area contributed by atoms with Gasteiger partial charge in [0.15, 0.2) is 0 Å². The summed E-state index contributed by atoms with van der Waals surface area (Å²) in [6.07, 6.45) is 3.08. The normalized spacial score (nSPS) is 12.7. The van der Waals surface area contributed by atoms with Gasteiger partial charge in [-0.1, -0.05) is 13.8 Å². The minimum atomic E-state index is -0.709. The molecule has 0 amide bonds. The topological polar surface area (TPSA) is 46.9 Å². The zero-order chi connectivity index (χ0) is 12.0. The molecule has 0 spiro atoms. The summed E-state index contributed by atoms with van der Waals surface area (Å²) in [7, 11) is -0.709. The van der Waals surface area contributed by atoms with Crippen molar-refractivity contribution in [1.82, 2.24) is 9.55 Å². The first-order chi connectivity index (χ1) is 7.67. The molecule has 16 heavy (non-hydrogen) atoms. The molecule has 0 aliphatic carbocycles. The molecular weight excluding hydrogens is 222 g/mol. The average molecular weight is 243 g/mol. The predicted octanol–water partition coefficient (Wildman–Crippen LogP) is 1.78. The molecule has 0 saturated heterocycles. The van der Waals surface area contributed by atoms with Crippen molar-refractivity contribution < 1.29 is 4.21 Å². The van der Waals surface area contributed by atoms with Crippen LogP contribution in [0.3, 0.4) is 0 Å². The Kier molecular flexibility index (Phi) is 5.52. The van der Waals surface area contributed by atoms with Crippen molar-refractivity contribution in [2.45, 2.75) is 33.7 Å². The minimum absolute atomic E-state index is 0.701. The van der Waals surface area contributed by atoms with Crippen LogP contribution in [-0.2, 0) is 17.3 Å². The third-order valence-corrected chi connectivity index (χ3v) is 3.59. The van der Waals surface area contributed by atoms with Crippen LogP contribution >= 0.6 is 0 Å². The predicted molar refractivity (Wildman–Crippen MR) is 69.3 cm³/mol. The Morgan fingerprint density at radius 1 is 1.50 bits per heavy atom. The lowest BCUT2D eigenvalue weighted by Crippen LogP contribution is -2.12. The Balaban J connectivity index is 2.59. The van der Waals surface area contributed by atoms with Crippen LogP contribution in [0.15, 0.2) is 6.20 Å². The molecule has 92 valence electrons. The van der Waals surface area contributed by atoms with E-state index in [0.717, 1.165) is 36.9 Å². The highest BCUT2D eigenvalue weighted by molar-refractivity contribution is 7.84. The molecule has 0 radical (unpaired) electrons. The van der Waals surface area contributed by atoms with Gasteiger partial charge in [0.2, 0.25) is 5.95 Å². The van der Waals surface area contributed by atoms with E-state index in [0.29, 0.717) is 5.75 Å². The van der Waals surface area contributed by atoms with Gasteiger partial charge >= 0.3 is 0 Å². The Hall–Kier alpha value is -0.840. The number of rotatable bonds is 7. The third kappa shape index (κ3) is 3.96. The van der Waals surface area contributed by atoms with E-state index in [4.69, 9.17) is 0 Å². The summed E-state index contributed by atoms with van der Waals surface area (Å²) in [5.74, 6) is 2.32. The van der Waals surface area contributed by atoms with E-state index >= 15 is 0 Å². The Labute approximate surface area is 99.9 Å². The van der Waals surface area contributed by atoms with Crippen molar-refractivity contribution >= 4 is 16.7 Å². The molecule has 5 heteroatoms. The lowest BCUT2D eigenvalue weighted by Gasteiger charge is -2.08. The summed E-state index contributed by atoms with van der Waals surface area (Å²) in [6.45, 7) is 7.75. The molecule has 1 rings (SSSR count). The molecule has 1 heterocycles. The van der Waals surface area contributed by atoms with E-state index in [1.54, 1.807) is 0 Å². The Bertz CT molecular complexity index is 349. The van der Waals surface area contributed by atoms with E-state index in [1.165, 1.54) is 0 Å². The molecule has 0 aliphatic heterocycles. The van der Waals surface area contributed by atoms with Crippen LogP contribution in [0, 0.1) is 6.92 Å². The Morgan fingerprint density at radius 2 is 2.25 bits per heavy atom. The zero-order valence-electron chi connectivity index (χ0n) is 10.3. The maximum Gasteiger partial charge on any atom is 0.203 e. The average Bonchev–Trinajstić information content (AvgIpc) is 2.63. The lowest BCUT2D eigenvalue weighted by atomic mass is 10.5. The number of anilines is 1. The first-order valence-corrected chi connectivity index (χ1v) is 7.28. The molecule has 1 unspecified atom stereocenters. The molecular formula is C11H21N3OS. The number of imidazole rings is 1. The van der Waals surface area contributed by atoms with Crippen molar-refractivity contribution in [3.05, 3.63) is 11.9 Å². The van der Waals surface area contributed by atoms with Crippen molar-refractivity contribution in [3.63, 3.8) is 0 Å². The summed E-state index contributed by atoms with van der Waals surface area (Å²) in [4.78, 5) is 4.40. The number of hydrogen-bond acceptors (Lipinski definition) is 3. The maximum absolute atomic E-state index is 11.4. The molecule has 0 bridgehead atoms. The fourth-order valence-electron chi connectivity index (χ4n) is 1.44. The molecule has 1 atom stereocenters. The summed E-state index contributed by atoms with van der Waals surface area (Å²) >= 11 is 0. The summed E-state index contributed by atoms with van der Waals surface area (Å²) in [5.41, 5.74) is 1.00. The monoisotopic (exact) mass is 243 g/mol. The maximum atomic E-state index is 11.4. The second kappa shape index (κ2) is 6.68. The van der Waals surface area contributed by atoms with Gasteiger partial charge in [-0.25, -0.2) is 4.98 Å². The van der Waals surface area contributed by atoms with Crippen molar-refractivity contribution in [2.24, 2.45) is 0 Å². The van der Waals surface area contributed by atoms with Gasteiger partial charge in [0.25, 0.3) is 0 Å². The standard InChI is InChI=1S/C11H21N3OS/c1-4-6-12-11-13-10(3)9-14(11)7-8-16(15)5-2/h9H,4-8H2,1-3H3,(H,12,13). The second-order valence-corrected chi connectivity index (χ2v) is 5.62. The van der Waals surface area contributed by atoms with Gasteiger partial charge in [0.05, 0.1) is 5.69 Å². The molecule has 1 aromatic rings. The molecule has 0 aromatic carbocycles. The largest absolute Gasteiger partial charge is 0.356 e. The van der Waals surface area contributed by atoms with Gasteiger partial charge < -0.3 is 9.88 Å². The van der Waals surface area contributed by atoms with Gasteiger partial charge in [0, 0.05) is 41.6 Å². The highest BCUT2D eigenvalue weighted by Crippen LogP contribution is 2.08. The van der Waals surface area contributed by atoms with Gasteiger partial charge in [-0.2, -0.15) is 0 Å². The van der Waals surface area contributed by atoms with E-state index in [1.807, 2.05) is 20.0 Å². The number of aryl methyl sites for hydroxylation is 2. The molecule has 1 aromatic heterocycles. The molecule has 0 saturated carbocycles. The van der Waals surface area contributed by atoms with Crippen LogP contribution in [0.2, 0.25) is 0 Å². The summed E-state index contributed by atoms with van der Waals surface area (Å²) < 4.78 is 13.4. The summed E-state index contributed by atoms with van der Waals surface area (Å²) in [5, 5.41) is 3.28. The fraction of sp³-hybridized carbons (Fsp3) is 0.727. The Morgan fingerprint density at radius 3 is 2.88 bits per heavy atom. The van der Waals surface area contributed by atoms with Crippen LogP contribution < -0.4 is 5.32 Å². The van der Waals surface area contributed by atoms with Crippen molar-refractivity contribution in [2.75, 3.05) is 23.4 Å². The van der Waals surface area contributed by atoms with Crippen LogP contribution in [0.1, 0.15) is 26.0 Å². The van der Waals surface area contributed by atoms with E-state index in [9.17, 15) is 4.21 Å². The molecule has 4 nitrogen and oxygen atoms in total. The van der Waals surface area contributed by atoms with E-state index in [-0.39, 0.29) is 0 Å². The van der Waals surface area contributed by atoms with Crippen molar-refractivity contribution in [1.29, 1.82) is 0 Å². The van der Waals surface area contributed by atoms with Gasteiger partial charge in [-0.05, 0) is 13.3 Å². The highest BCUT2D eigenvalue weighted by Gasteiger charge is 2.05. The second-order valence-electron chi connectivity index (χ2n) is 3.76. The smallest absolute Gasteiger partial charge is 0.203 e. The number of nitrogens with one attached hydrogen (secondary N) is 1. The van der Waals surface area contributed by atoms with E-state index in [2.05, 4.69) is 21.8 Å². The van der Waals surface area contributed by atoms with Crippen LogP contribution in [0.25, 0.3) is 0 Å². The van der Waals surface area contributed by atoms with Crippen LogP contribution in [-0.4, -0.2) is 31.8 Å². The van der Waals surface area contributed by atoms with Crippen molar-refractivity contribution in [3.8, 4) is 0 Å². The van der Waals surface area contributed by atoms with Gasteiger partial charge in [-0.3, -0.25) is 4.21 Å². The number of hydrogen-bond donors (Lipinski definition) is 1. The number of aromatic nitrogens is 2. The van der Waals surface area contributed by atoms with E-state index < -0.39 is 10.8 Å². The fourth-order valence-corrected chi connectivity index (χ4v) is 2.13. The summed E-state index contributed by atoms with van der Waals surface area (Å²) in [6, 6.07) is 0. The SMILES string of the molecule is CCCNc1nc(C)cn1CCS(=O)CC. The van der Waals surface area contributed by atoms with Crippen LogP contribution in [0.4, 0.5) is 5.95 Å². The highest BCUT2D eigenvalue weighted by atomic mass is 32.2. The van der Waals surface area contributed by atoms with Gasteiger partial charge in [-0.15, -0.1) is 0 Å². The zero-order valence-corrected chi connectivity index (χ0v) is 11.1. The first-order valence-electron chi connectivity index (χ1n) is 5.80.